The fourth-order valence-corrected chi connectivity index (χ4v) is 12.3. The van der Waals surface area contributed by atoms with Crippen LogP contribution in [0, 0.1) is 10.8 Å². The maximum atomic E-state index is 13.0. The molecule has 2 saturated heterocycles. The van der Waals surface area contributed by atoms with Crippen molar-refractivity contribution in [3.8, 4) is 0 Å². The number of nitrogens with one attached hydrogen (secondary N) is 6. The number of aliphatic carboxylic acids is 2. The predicted octanol–water partition coefficient (Wildman–Crippen LogP) is -3.87. The molecule has 10 rings (SSSR count). The number of imidazole rings is 1. The molecule has 5 aromatic rings. The molecule has 6 N–H and O–H groups in total. The van der Waals surface area contributed by atoms with Crippen LogP contribution in [0.4, 0.5) is 0 Å². The van der Waals surface area contributed by atoms with Crippen LogP contribution in [0.25, 0.3) is 5.65 Å². The van der Waals surface area contributed by atoms with Crippen LogP contribution in [-0.4, -0.2) is 129 Å². The Kier molecular flexibility index (Phi) is 13.5. The van der Waals surface area contributed by atoms with Crippen molar-refractivity contribution in [1.29, 1.82) is 10.8 Å². The predicted molar refractivity (Wildman–Crippen MR) is 242 cm³/mol. The minimum Gasteiger partial charge on any atom is -0.543 e. The van der Waals surface area contributed by atoms with Gasteiger partial charge in [-0.15, -0.1) is 39.4 Å². The summed E-state index contributed by atoms with van der Waals surface area (Å²) in [5.74, 6) is -4.68. The lowest BCUT2D eigenvalue weighted by atomic mass is 10.0. The smallest absolute Gasteiger partial charge is 0.307 e. The van der Waals surface area contributed by atoms with Crippen LogP contribution in [0.1, 0.15) is 29.2 Å². The number of H-pyrrole nitrogens is 2. The number of aryl methyl sites for hydroxylation is 1. The molecule has 29 heteroatoms. The first-order chi connectivity index (χ1) is 33.8. The zero-order chi connectivity index (χ0) is 49.4. The first-order valence-corrected chi connectivity index (χ1v) is 24.8. The second-order valence-corrected chi connectivity index (χ2v) is 19.6. The highest BCUT2D eigenvalue weighted by Crippen LogP contribution is 2.41. The van der Waals surface area contributed by atoms with Crippen molar-refractivity contribution in [3.63, 3.8) is 0 Å². The van der Waals surface area contributed by atoms with Crippen molar-refractivity contribution >= 4 is 99.0 Å². The number of hydrogen-bond donors (Lipinski definition) is 6. The lowest BCUT2D eigenvalue weighted by Gasteiger charge is -2.50. The Labute approximate surface area is 410 Å². The first-order valence-electron chi connectivity index (χ1n) is 21.0. The first kappa shape index (κ1) is 47.6. The SMILES string of the molecule is CO/N=C(\C(=O)N[C@@H]1C(=O)N2C(C(=O)[O-])=C(C[n+]3cccc4c3CCC4)CS[C@@H]12)c1csc(=N)[nH]1.CO/N=C(\C(=O)N[C@@H]1C(=O)N2C(C(=O)[O-])=C(C[n+]3ccn4ncccc43)CS[C@H]12)c1nc(=N)s[nH]1. The van der Waals surface area contributed by atoms with E-state index in [1.54, 1.807) is 34.6 Å². The Morgan fingerprint density at radius 2 is 1.50 bits per heavy atom. The third-order valence-corrected chi connectivity index (χ3v) is 15.6. The van der Waals surface area contributed by atoms with Crippen molar-refractivity contribution in [2.24, 2.45) is 10.3 Å². The van der Waals surface area contributed by atoms with Gasteiger partial charge in [0.2, 0.25) is 10.5 Å². The summed E-state index contributed by atoms with van der Waals surface area (Å²) in [6, 6.07) is 5.75. The maximum absolute atomic E-state index is 13.0. The van der Waals surface area contributed by atoms with Crippen LogP contribution >= 0.6 is 46.4 Å². The number of aromatic amines is 2. The van der Waals surface area contributed by atoms with Crippen molar-refractivity contribution in [2.45, 2.75) is 55.2 Å². The summed E-state index contributed by atoms with van der Waals surface area (Å²) in [5, 5.41) is 56.4. The molecular weight excluding hydrogens is 991 g/mol. The minimum atomic E-state index is -1.47. The second-order valence-electron chi connectivity index (χ2n) is 15.7. The number of carbonyl (C=O) groups excluding carboxylic acids is 6. The van der Waals surface area contributed by atoms with Gasteiger partial charge in [0.1, 0.15) is 49.8 Å². The zero-order valence-electron chi connectivity index (χ0n) is 36.7. The van der Waals surface area contributed by atoms with Gasteiger partial charge < -0.3 is 45.1 Å². The van der Waals surface area contributed by atoms with Gasteiger partial charge in [0.05, 0.1) is 35.2 Å². The van der Waals surface area contributed by atoms with E-state index < -0.39 is 58.4 Å². The minimum absolute atomic E-state index is 0.0168. The average molecular weight is 1030 g/mol. The Hall–Kier alpha value is -7.50. The van der Waals surface area contributed by atoms with E-state index in [0.29, 0.717) is 29.2 Å². The number of rotatable bonds is 14. The lowest BCUT2D eigenvalue weighted by molar-refractivity contribution is -0.696. The van der Waals surface area contributed by atoms with E-state index in [-0.39, 0.29) is 50.5 Å². The quantitative estimate of drug-likeness (QED) is 0.0269. The Balaban J connectivity index is 0.000000174. The molecule has 1 aliphatic carbocycles. The van der Waals surface area contributed by atoms with E-state index >= 15 is 0 Å². The fraction of sp³-hybridized carbons (Fsp3) is 0.317. The lowest BCUT2D eigenvalue weighted by Crippen LogP contribution is -2.71. The molecule has 25 nitrogen and oxygen atoms in total. The van der Waals surface area contributed by atoms with Gasteiger partial charge in [-0.2, -0.15) is 9.55 Å². The molecule has 70 heavy (non-hydrogen) atoms. The number of thioether (sulfide) groups is 2. The van der Waals surface area contributed by atoms with Crippen molar-refractivity contribution in [2.75, 3.05) is 25.7 Å². The molecular formula is C41H39N15O10S4. The summed E-state index contributed by atoms with van der Waals surface area (Å²) in [6.07, 6.45) is 10.1. The van der Waals surface area contributed by atoms with Gasteiger partial charge >= 0.3 is 5.65 Å². The number of oxime groups is 2. The van der Waals surface area contributed by atoms with Crippen LogP contribution < -0.4 is 39.6 Å². The molecule has 4 atom stereocenters. The molecule has 0 aromatic carbocycles. The number of pyridine rings is 1. The van der Waals surface area contributed by atoms with Crippen LogP contribution in [0.3, 0.4) is 0 Å². The molecule has 0 saturated carbocycles. The van der Waals surface area contributed by atoms with E-state index in [9.17, 15) is 39.0 Å². The molecule has 4 amide bonds. The zero-order valence-corrected chi connectivity index (χ0v) is 40.0. The molecule has 0 spiro atoms. The van der Waals surface area contributed by atoms with Gasteiger partial charge in [0.15, 0.2) is 41.0 Å². The van der Waals surface area contributed by atoms with Crippen molar-refractivity contribution < 1.29 is 57.8 Å². The normalized spacial score (nSPS) is 20.7. The van der Waals surface area contributed by atoms with E-state index in [2.05, 4.69) is 51.0 Å². The molecule has 5 aliphatic rings. The number of β-lactam (4-membered cyclic amide) rings is 2. The number of hydrogen-bond acceptors (Lipinski definition) is 20. The van der Waals surface area contributed by atoms with E-state index in [0.717, 1.165) is 52.7 Å². The highest BCUT2D eigenvalue weighted by molar-refractivity contribution is 8.00. The summed E-state index contributed by atoms with van der Waals surface area (Å²) < 4.78 is 8.21. The van der Waals surface area contributed by atoms with E-state index in [4.69, 9.17) is 20.5 Å². The van der Waals surface area contributed by atoms with Gasteiger partial charge in [0.25, 0.3) is 23.6 Å². The van der Waals surface area contributed by atoms with Gasteiger partial charge in [-0.3, -0.25) is 44.2 Å². The van der Waals surface area contributed by atoms with Crippen LogP contribution in [0.5, 0.6) is 0 Å². The maximum Gasteiger partial charge on any atom is 0.307 e. The van der Waals surface area contributed by atoms with Crippen molar-refractivity contribution in [3.05, 3.63) is 109 Å². The Morgan fingerprint density at radius 3 is 2.09 bits per heavy atom. The second kappa shape index (κ2) is 19.8. The van der Waals surface area contributed by atoms with E-state index in [1.165, 1.54) is 53.9 Å². The molecule has 2 fully saturated rings. The largest absolute Gasteiger partial charge is 0.543 e. The summed E-state index contributed by atoms with van der Waals surface area (Å²) >= 11 is 4.69. The Morgan fingerprint density at radius 1 is 0.871 bits per heavy atom. The third-order valence-electron chi connectivity index (χ3n) is 11.6. The monoisotopic (exact) mass is 1030 g/mol. The number of nitrogens with zero attached hydrogens (tertiary/aromatic N) is 9. The van der Waals surface area contributed by atoms with Gasteiger partial charge in [0, 0.05) is 52.1 Å². The molecule has 0 radical (unpaired) electrons. The third kappa shape index (κ3) is 8.97. The highest BCUT2D eigenvalue weighted by atomic mass is 32.2. The molecule has 0 bridgehead atoms. The summed E-state index contributed by atoms with van der Waals surface area (Å²) in [7, 11) is 2.53. The number of fused-ring (bicyclic) bond motifs is 4. The summed E-state index contributed by atoms with van der Waals surface area (Å²) in [4.78, 5) is 94.3. The van der Waals surface area contributed by atoms with Gasteiger partial charge in [-0.05, 0) is 36.5 Å². The van der Waals surface area contributed by atoms with Crippen molar-refractivity contribution in [1.82, 2.24) is 44.4 Å². The molecule has 0 unspecified atom stereocenters. The number of carboxylic acid groups (broad SMARTS) is 2. The summed E-state index contributed by atoms with van der Waals surface area (Å²) in [5.41, 5.74) is 3.93. The van der Waals surface area contributed by atoms with Crippen LogP contribution in [-0.2, 0) is 64.4 Å². The number of thiazole rings is 1. The van der Waals surface area contributed by atoms with E-state index in [1.807, 2.05) is 22.9 Å². The van der Waals surface area contributed by atoms with Crippen LogP contribution in [0.15, 0.2) is 87.3 Å². The highest BCUT2D eigenvalue weighted by Gasteiger charge is 2.55. The molecule has 4 aliphatic heterocycles. The molecule has 5 aromatic heterocycles. The fourth-order valence-electron chi connectivity index (χ4n) is 8.59. The molecule has 9 heterocycles. The van der Waals surface area contributed by atoms with Gasteiger partial charge in [-0.1, -0.05) is 15.4 Å². The number of amides is 4. The number of carbonyl (C=O) groups is 6. The summed E-state index contributed by atoms with van der Waals surface area (Å²) in [6.45, 7) is 0.590. The topological polar surface area (TPSA) is 339 Å². The number of carboxylic acids is 2. The number of aromatic nitrogens is 7. The van der Waals surface area contributed by atoms with Gasteiger partial charge in [-0.25, -0.2) is 4.57 Å². The average Bonchev–Trinajstić information content (AvgIpc) is 4.19. The van der Waals surface area contributed by atoms with Crippen LogP contribution in [0.2, 0.25) is 0 Å². The standard InChI is InChI=1S/C22H22N6O5S2.C19H17N9O5S2/c1-33-26-15(13-10-35-22(23)24-13)18(29)25-16-19(30)28-17(21(31)32)12(9-34-20(16)28)8-27-7-3-5-11-4-2-6-14(11)27;1-33-24-11(14-23-19(20)35-25-14)15(29)22-12-16(30)28-13(18(31)32)9(8-34-17(12)28)7-26-5-6-27-10(26)3-2-4-21-27/h3,5,7,10,16,20H,2,4,6,8-9H2,1H3,(H3-,23,24,25,29,31,32);2-6,12,17H,7-8H2,1H3,(H3-,20,22,23,25,29,31,32)/b26-15-;24-11-/t16-,20+;12-,17-/m11/s1. The Bertz CT molecular complexity index is 3240. The molecule has 362 valence electrons.